The molecular weight excluding hydrogens is 306 g/mol. The van der Waals surface area contributed by atoms with Crippen molar-refractivity contribution in [1.82, 2.24) is 14.4 Å². The number of amides is 2. The molecule has 1 N–H and O–H groups in total. The van der Waals surface area contributed by atoms with Crippen molar-refractivity contribution in [3.8, 4) is 0 Å². The van der Waals surface area contributed by atoms with Crippen molar-refractivity contribution >= 4 is 11.8 Å². The van der Waals surface area contributed by atoms with Gasteiger partial charge in [-0.15, -0.1) is 0 Å². The van der Waals surface area contributed by atoms with Crippen molar-refractivity contribution in [3.63, 3.8) is 0 Å². The van der Waals surface area contributed by atoms with Crippen LogP contribution in [0.4, 0.5) is 0 Å². The molecule has 0 unspecified atom stereocenters. The molecule has 2 aliphatic rings. The van der Waals surface area contributed by atoms with Crippen LogP contribution in [-0.2, 0) is 4.79 Å². The maximum atomic E-state index is 12.9. The predicted octanol–water partition coefficient (Wildman–Crippen LogP) is 1.51. The maximum Gasteiger partial charge on any atom is 0.270 e. The van der Waals surface area contributed by atoms with Gasteiger partial charge in [0.1, 0.15) is 5.69 Å². The Labute approximate surface area is 143 Å². The van der Waals surface area contributed by atoms with Gasteiger partial charge in [-0.1, -0.05) is 0 Å². The molecule has 0 saturated carbocycles. The molecule has 2 saturated heterocycles. The highest BCUT2D eigenvalue weighted by Gasteiger charge is 2.46. The summed E-state index contributed by atoms with van der Waals surface area (Å²) in [5.74, 6) is -0.0276. The Morgan fingerprint density at radius 2 is 1.83 bits per heavy atom. The zero-order valence-corrected chi connectivity index (χ0v) is 14.7. The lowest BCUT2D eigenvalue weighted by atomic mass is 9.75. The molecule has 2 amide bonds. The highest BCUT2D eigenvalue weighted by Crippen LogP contribution is 2.36. The van der Waals surface area contributed by atoms with Crippen LogP contribution in [0.5, 0.6) is 0 Å². The first-order valence-corrected chi connectivity index (χ1v) is 8.76. The van der Waals surface area contributed by atoms with Crippen LogP contribution < -0.4 is 0 Å². The number of rotatable bonds is 2. The SMILES string of the molecule is CC(=O)N1CC[C@@]2(O)CCN(C(=O)c3cccn3C(C)C)C[C@H]2C1. The Morgan fingerprint density at radius 3 is 2.46 bits per heavy atom. The van der Waals surface area contributed by atoms with Crippen molar-refractivity contribution in [2.45, 2.75) is 45.3 Å². The van der Waals surface area contributed by atoms with Gasteiger partial charge in [-0.2, -0.15) is 0 Å². The molecule has 24 heavy (non-hydrogen) atoms. The lowest BCUT2D eigenvalue weighted by Crippen LogP contribution is -2.61. The van der Waals surface area contributed by atoms with E-state index in [1.807, 2.05) is 27.8 Å². The molecule has 132 valence electrons. The zero-order chi connectivity index (χ0) is 17.5. The molecule has 0 spiro atoms. The Morgan fingerprint density at radius 1 is 1.21 bits per heavy atom. The number of carbonyl (C=O) groups is 2. The number of carbonyl (C=O) groups excluding carboxylic acids is 2. The first kappa shape index (κ1) is 17.0. The number of nitrogens with zero attached hydrogens (tertiary/aromatic N) is 3. The molecule has 3 heterocycles. The van der Waals surface area contributed by atoms with Gasteiger partial charge in [0.15, 0.2) is 0 Å². The van der Waals surface area contributed by atoms with Gasteiger partial charge in [0.25, 0.3) is 5.91 Å². The average Bonchev–Trinajstić information content (AvgIpc) is 3.02. The monoisotopic (exact) mass is 333 g/mol. The summed E-state index contributed by atoms with van der Waals surface area (Å²) in [6.07, 6.45) is 3.11. The topological polar surface area (TPSA) is 65.8 Å². The van der Waals surface area contributed by atoms with Crippen LogP contribution in [0.1, 0.15) is 50.1 Å². The average molecular weight is 333 g/mol. The van der Waals surface area contributed by atoms with Crippen LogP contribution in [0.2, 0.25) is 0 Å². The van der Waals surface area contributed by atoms with Crippen LogP contribution in [0.15, 0.2) is 18.3 Å². The fourth-order valence-corrected chi connectivity index (χ4v) is 3.96. The standard InChI is InChI=1S/C18H27N3O3/c1-13(2)21-8-4-5-16(21)17(23)20-10-7-18(24)6-9-19(14(3)22)11-15(18)12-20/h4-5,8,13,15,24H,6-7,9-12H2,1-3H3/t15-,18-/m1/s1. The van der Waals surface area contributed by atoms with E-state index in [0.717, 1.165) is 0 Å². The van der Waals surface area contributed by atoms with E-state index in [4.69, 9.17) is 0 Å². The van der Waals surface area contributed by atoms with Gasteiger partial charge < -0.3 is 19.5 Å². The fraction of sp³-hybridized carbons (Fsp3) is 0.667. The van der Waals surface area contributed by atoms with E-state index < -0.39 is 5.60 Å². The molecule has 6 nitrogen and oxygen atoms in total. The molecule has 2 atom stereocenters. The summed E-state index contributed by atoms with van der Waals surface area (Å²) in [6.45, 7) is 7.87. The number of hydrogen-bond acceptors (Lipinski definition) is 3. The highest BCUT2D eigenvalue weighted by atomic mass is 16.3. The van der Waals surface area contributed by atoms with Crippen LogP contribution in [0, 0.1) is 5.92 Å². The minimum Gasteiger partial charge on any atom is -0.389 e. The Bertz CT molecular complexity index is 639. The van der Waals surface area contributed by atoms with E-state index in [-0.39, 0.29) is 23.8 Å². The fourth-order valence-electron chi connectivity index (χ4n) is 3.96. The van der Waals surface area contributed by atoms with Crippen LogP contribution >= 0.6 is 0 Å². The van der Waals surface area contributed by atoms with E-state index in [9.17, 15) is 14.7 Å². The van der Waals surface area contributed by atoms with Crippen molar-refractivity contribution in [1.29, 1.82) is 0 Å². The lowest BCUT2D eigenvalue weighted by molar-refractivity contribution is -0.143. The number of fused-ring (bicyclic) bond motifs is 1. The Hall–Kier alpha value is -1.82. The predicted molar refractivity (Wildman–Crippen MR) is 90.6 cm³/mol. The first-order valence-electron chi connectivity index (χ1n) is 8.76. The van der Waals surface area contributed by atoms with E-state index in [2.05, 4.69) is 13.8 Å². The molecule has 6 heteroatoms. The smallest absolute Gasteiger partial charge is 0.270 e. The van der Waals surface area contributed by atoms with Crippen molar-refractivity contribution in [2.75, 3.05) is 26.2 Å². The summed E-state index contributed by atoms with van der Waals surface area (Å²) < 4.78 is 1.98. The molecule has 2 fully saturated rings. The third kappa shape index (κ3) is 2.95. The molecule has 1 aromatic rings. The molecule has 1 aromatic heterocycles. The molecule has 3 rings (SSSR count). The summed E-state index contributed by atoms with van der Waals surface area (Å²) in [5, 5.41) is 10.9. The minimum absolute atomic E-state index is 0.00991. The molecule has 0 radical (unpaired) electrons. The van der Waals surface area contributed by atoms with E-state index in [1.54, 1.807) is 11.8 Å². The quantitative estimate of drug-likeness (QED) is 0.892. The number of piperidine rings is 2. The molecular formula is C18H27N3O3. The molecule has 0 aromatic carbocycles. The second kappa shape index (κ2) is 6.24. The van der Waals surface area contributed by atoms with Gasteiger partial charge in [0.2, 0.25) is 5.91 Å². The summed E-state index contributed by atoms with van der Waals surface area (Å²) in [4.78, 5) is 28.2. The van der Waals surface area contributed by atoms with Gasteiger partial charge in [0.05, 0.1) is 5.60 Å². The lowest BCUT2D eigenvalue weighted by Gasteiger charge is -2.50. The summed E-state index contributed by atoms with van der Waals surface area (Å²) >= 11 is 0. The second-order valence-corrected chi connectivity index (χ2v) is 7.41. The van der Waals surface area contributed by atoms with Crippen molar-refractivity contribution in [2.24, 2.45) is 5.92 Å². The van der Waals surface area contributed by atoms with Crippen molar-refractivity contribution < 1.29 is 14.7 Å². The van der Waals surface area contributed by atoms with Gasteiger partial charge in [-0.3, -0.25) is 9.59 Å². The van der Waals surface area contributed by atoms with E-state index in [1.165, 1.54) is 0 Å². The van der Waals surface area contributed by atoms with Crippen LogP contribution in [0.3, 0.4) is 0 Å². The summed E-state index contributed by atoms with van der Waals surface area (Å²) in [6, 6.07) is 3.97. The molecule has 2 aliphatic heterocycles. The summed E-state index contributed by atoms with van der Waals surface area (Å²) in [7, 11) is 0. The van der Waals surface area contributed by atoms with E-state index in [0.29, 0.717) is 44.7 Å². The second-order valence-electron chi connectivity index (χ2n) is 7.41. The third-order valence-electron chi connectivity index (χ3n) is 5.56. The third-order valence-corrected chi connectivity index (χ3v) is 5.56. The van der Waals surface area contributed by atoms with Crippen molar-refractivity contribution in [3.05, 3.63) is 24.0 Å². The molecule has 0 bridgehead atoms. The van der Waals surface area contributed by atoms with Gasteiger partial charge >= 0.3 is 0 Å². The van der Waals surface area contributed by atoms with E-state index >= 15 is 0 Å². The van der Waals surface area contributed by atoms with Crippen LogP contribution in [0.25, 0.3) is 0 Å². The zero-order valence-electron chi connectivity index (χ0n) is 14.7. The minimum atomic E-state index is -0.747. The number of likely N-dealkylation sites (tertiary alicyclic amines) is 2. The van der Waals surface area contributed by atoms with Gasteiger partial charge in [0, 0.05) is 51.3 Å². The summed E-state index contributed by atoms with van der Waals surface area (Å²) in [5.41, 5.74) is -0.0577. The first-order chi connectivity index (χ1) is 11.3. The number of hydrogen-bond donors (Lipinski definition) is 1. The Kier molecular flexibility index (Phi) is 4.42. The molecule has 0 aliphatic carbocycles. The number of aliphatic hydroxyl groups is 1. The maximum absolute atomic E-state index is 12.9. The van der Waals surface area contributed by atoms with Gasteiger partial charge in [-0.25, -0.2) is 0 Å². The van der Waals surface area contributed by atoms with Crippen LogP contribution in [-0.4, -0.2) is 63.1 Å². The highest BCUT2D eigenvalue weighted by molar-refractivity contribution is 5.93. The van der Waals surface area contributed by atoms with Gasteiger partial charge in [-0.05, 0) is 38.8 Å². The normalized spacial score (nSPS) is 27.3. The Balaban J connectivity index is 1.76. The largest absolute Gasteiger partial charge is 0.389 e. The number of aromatic nitrogens is 1.